The maximum atomic E-state index is 11.4. The van der Waals surface area contributed by atoms with Crippen LogP contribution < -0.4 is 10.2 Å². The molecule has 1 saturated heterocycles. The smallest absolute Gasteiger partial charge is 0.225 e. The second kappa shape index (κ2) is 7.31. The average Bonchev–Trinajstić information content (AvgIpc) is 3.47. The Morgan fingerprint density at radius 1 is 1.08 bits per heavy atom. The number of carbonyl (C=O) groups is 1. The maximum Gasteiger partial charge on any atom is 0.225 e. The Bertz CT molecular complexity index is 730. The van der Waals surface area contributed by atoms with Gasteiger partial charge in [0.25, 0.3) is 0 Å². The van der Waals surface area contributed by atoms with Crippen LogP contribution in [0.4, 0.5) is 5.95 Å². The number of nitrogens with zero attached hydrogens (tertiary/aromatic N) is 3. The van der Waals surface area contributed by atoms with Gasteiger partial charge in [0.2, 0.25) is 5.95 Å². The Balaban J connectivity index is 1.41. The van der Waals surface area contributed by atoms with Crippen LogP contribution in [0.25, 0.3) is 11.1 Å². The Kier molecular flexibility index (Phi) is 4.74. The minimum Gasteiger partial charge on any atom is -0.340 e. The predicted molar refractivity (Wildman–Crippen MR) is 98.4 cm³/mol. The predicted octanol–water partition coefficient (Wildman–Crippen LogP) is 2.81. The van der Waals surface area contributed by atoms with Crippen molar-refractivity contribution >= 4 is 11.7 Å². The molecule has 0 atom stereocenters. The van der Waals surface area contributed by atoms with Gasteiger partial charge >= 0.3 is 0 Å². The molecule has 1 N–H and O–H groups in total. The molecule has 0 bridgehead atoms. The fraction of sp³-hybridized carbons (Fsp3) is 0.450. The summed E-state index contributed by atoms with van der Waals surface area (Å²) in [6.07, 6.45) is 7.72. The zero-order valence-corrected chi connectivity index (χ0v) is 14.4. The highest BCUT2D eigenvalue weighted by atomic mass is 16.1. The third kappa shape index (κ3) is 4.23. The van der Waals surface area contributed by atoms with Crippen molar-refractivity contribution in [2.45, 2.75) is 32.2 Å². The van der Waals surface area contributed by atoms with E-state index in [1.165, 1.54) is 18.4 Å². The molecule has 25 heavy (non-hydrogen) atoms. The van der Waals surface area contributed by atoms with Crippen LogP contribution in [-0.2, 0) is 11.3 Å². The number of aromatic nitrogens is 2. The first-order valence-electron chi connectivity index (χ1n) is 9.17. The molecule has 0 unspecified atom stereocenters. The van der Waals surface area contributed by atoms with Gasteiger partial charge in [-0.3, -0.25) is 4.79 Å². The topological polar surface area (TPSA) is 58.1 Å². The standard InChI is InChI=1S/C20H24N4O/c25-19-6-8-24(9-7-19)20-22-13-18(14-23-20)17-3-1-2-16(10-17)12-21-11-15-4-5-15/h1-3,10,13-15,21H,4-9,11-12H2. The molecule has 0 amide bonds. The summed E-state index contributed by atoms with van der Waals surface area (Å²) >= 11 is 0. The maximum absolute atomic E-state index is 11.4. The lowest BCUT2D eigenvalue weighted by Crippen LogP contribution is -2.34. The molecule has 2 fully saturated rings. The number of piperidine rings is 1. The fourth-order valence-corrected chi connectivity index (χ4v) is 3.19. The zero-order valence-electron chi connectivity index (χ0n) is 14.4. The molecule has 2 heterocycles. The molecule has 0 radical (unpaired) electrons. The van der Waals surface area contributed by atoms with Crippen LogP contribution in [0.1, 0.15) is 31.2 Å². The molecular weight excluding hydrogens is 312 g/mol. The number of Topliss-reactive ketones (excluding diaryl/α,β-unsaturated/α-hetero) is 1. The third-order valence-corrected chi connectivity index (χ3v) is 4.96. The van der Waals surface area contributed by atoms with Gasteiger partial charge in [-0.15, -0.1) is 0 Å². The van der Waals surface area contributed by atoms with Crippen LogP contribution in [0, 0.1) is 5.92 Å². The normalized spacial score (nSPS) is 17.8. The number of ketones is 1. The lowest BCUT2D eigenvalue weighted by Gasteiger charge is -2.25. The largest absolute Gasteiger partial charge is 0.340 e. The van der Waals surface area contributed by atoms with Crippen LogP contribution in [0.5, 0.6) is 0 Å². The second-order valence-corrected chi connectivity index (χ2v) is 7.07. The lowest BCUT2D eigenvalue weighted by molar-refractivity contribution is -0.119. The SMILES string of the molecule is O=C1CCN(c2ncc(-c3cccc(CNCC4CC4)c3)cn2)CC1. The number of hydrogen-bond acceptors (Lipinski definition) is 5. The third-order valence-electron chi connectivity index (χ3n) is 4.96. The molecule has 0 spiro atoms. The molecule has 1 aromatic carbocycles. The van der Waals surface area contributed by atoms with E-state index in [4.69, 9.17) is 0 Å². The minimum absolute atomic E-state index is 0.333. The van der Waals surface area contributed by atoms with Crippen molar-refractivity contribution < 1.29 is 4.79 Å². The molecule has 1 aromatic heterocycles. The molecule has 5 nitrogen and oxygen atoms in total. The van der Waals surface area contributed by atoms with E-state index in [1.807, 2.05) is 12.4 Å². The van der Waals surface area contributed by atoms with Crippen LogP contribution in [-0.4, -0.2) is 35.4 Å². The van der Waals surface area contributed by atoms with Crippen molar-refractivity contribution in [2.24, 2.45) is 5.92 Å². The van der Waals surface area contributed by atoms with Gasteiger partial charge in [-0.1, -0.05) is 18.2 Å². The van der Waals surface area contributed by atoms with Crippen molar-refractivity contribution in [3.63, 3.8) is 0 Å². The van der Waals surface area contributed by atoms with Gasteiger partial charge in [-0.05, 0) is 42.5 Å². The van der Waals surface area contributed by atoms with Crippen molar-refractivity contribution in [3.05, 3.63) is 42.2 Å². The number of anilines is 1. The summed E-state index contributed by atoms with van der Waals surface area (Å²) in [5.41, 5.74) is 3.46. The Morgan fingerprint density at radius 2 is 1.84 bits per heavy atom. The van der Waals surface area contributed by atoms with Gasteiger partial charge in [0.05, 0.1) is 0 Å². The molecular formula is C20H24N4O. The molecule has 1 aliphatic carbocycles. The van der Waals surface area contributed by atoms with E-state index in [9.17, 15) is 4.79 Å². The van der Waals surface area contributed by atoms with Gasteiger partial charge in [-0.25, -0.2) is 9.97 Å². The summed E-state index contributed by atoms with van der Waals surface area (Å²) < 4.78 is 0. The molecule has 1 aliphatic heterocycles. The average molecular weight is 336 g/mol. The molecule has 2 aromatic rings. The van der Waals surface area contributed by atoms with Crippen molar-refractivity contribution in [3.8, 4) is 11.1 Å². The monoisotopic (exact) mass is 336 g/mol. The van der Waals surface area contributed by atoms with Gasteiger partial charge in [0.1, 0.15) is 5.78 Å². The lowest BCUT2D eigenvalue weighted by atomic mass is 10.1. The number of nitrogens with one attached hydrogen (secondary N) is 1. The van der Waals surface area contributed by atoms with E-state index in [-0.39, 0.29) is 0 Å². The van der Waals surface area contributed by atoms with E-state index < -0.39 is 0 Å². The van der Waals surface area contributed by atoms with E-state index in [0.717, 1.165) is 49.2 Å². The highest BCUT2D eigenvalue weighted by Crippen LogP contribution is 2.27. The zero-order chi connectivity index (χ0) is 17.1. The first-order valence-corrected chi connectivity index (χ1v) is 9.17. The second-order valence-electron chi connectivity index (χ2n) is 7.07. The summed E-state index contributed by atoms with van der Waals surface area (Å²) in [7, 11) is 0. The number of carbonyl (C=O) groups excluding carboxylic acids is 1. The van der Waals surface area contributed by atoms with Crippen LogP contribution in [0.15, 0.2) is 36.7 Å². The number of benzene rings is 1. The molecule has 4 rings (SSSR count). The van der Waals surface area contributed by atoms with E-state index in [0.29, 0.717) is 18.6 Å². The first-order chi connectivity index (χ1) is 12.3. The fourth-order valence-electron chi connectivity index (χ4n) is 3.19. The van der Waals surface area contributed by atoms with E-state index >= 15 is 0 Å². The Morgan fingerprint density at radius 3 is 2.56 bits per heavy atom. The van der Waals surface area contributed by atoms with Gasteiger partial charge in [0, 0.05) is 50.4 Å². The number of hydrogen-bond donors (Lipinski definition) is 1. The van der Waals surface area contributed by atoms with Crippen molar-refractivity contribution in [1.82, 2.24) is 15.3 Å². The van der Waals surface area contributed by atoms with Crippen molar-refractivity contribution in [2.75, 3.05) is 24.5 Å². The first kappa shape index (κ1) is 16.2. The number of rotatable bonds is 6. The summed E-state index contributed by atoms with van der Waals surface area (Å²) in [6.45, 7) is 3.48. The molecule has 130 valence electrons. The summed E-state index contributed by atoms with van der Waals surface area (Å²) in [4.78, 5) is 22.5. The quantitative estimate of drug-likeness (QED) is 0.879. The van der Waals surface area contributed by atoms with E-state index in [2.05, 4.69) is 44.5 Å². The van der Waals surface area contributed by atoms with Crippen molar-refractivity contribution in [1.29, 1.82) is 0 Å². The van der Waals surface area contributed by atoms with Crippen LogP contribution >= 0.6 is 0 Å². The van der Waals surface area contributed by atoms with Crippen LogP contribution in [0.2, 0.25) is 0 Å². The molecule has 1 saturated carbocycles. The van der Waals surface area contributed by atoms with Gasteiger partial charge in [-0.2, -0.15) is 0 Å². The van der Waals surface area contributed by atoms with E-state index in [1.54, 1.807) is 0 Å². The van der Waals surface area contributed by atoms with Gasteiger partial charge in [0.15, 0.2) is 0 Å². The Hall–Kier alpha value is -2.27. The minimum atomic E-state index is 0.333. The molecule has 2 aliphatic rings. The molecule has 5 heteroatoms. The Labute approximate surface area is 148 Å². The highest BCUT2D eigenvalue weighted by molar-refractivity contribution is 5.80. The highest BCUT2D eigenvalue weighted by Gasteiger charge is 2.20. The summed E-state index contributed by atoms with van der Waals surface area (Å²) in [5, 5.41) is 3.53. The summed E-state index contributed by atoms with van der Waals surface area (Å²) in [5.74, 6) is 1.95. The van der Waals surface area contributed by atoms with Crippen LogP contribution in [0.3, 0.4) is 0 Å². The summed E-state index contributed by atoms with van der Waals surface area (Å²) in [6, 6.07) is 8.55. The van der Waals surface area contributed by atoms with Gasteiger partial charge < -0.3 is 10.2 Å².